The highest BCUT2D eigenvalue weighted by molar-refractivity contribution is 7.17. The van der Waals surface area contributed by atoms with Gasteiger partial charge in [0.2, 0.25) is 5.91 Å². The minimum absolute atomic E-state index is 0.212. The van der Waals surface area contributed by atoms with Crippen LogP contribution in [0.25, 0.3) is 6.08 Å². The topological polar surface area (TPSA) is 56.8 Å². The van der Waals surface area contributed by atoms with Crippen LogP contribution in [-0.2, 0) is 11.3 Å². The summed E-state index contributed by atoms with van der Waals surface area (Å²) in [5.74, 6) is 1.54. The van der Waals surface area contributed by atoms with Gasteiger partial charge in [-0.05, 0) is 24.3 Å². The van der Waals surface area contributed by atoms with E-state index in [2.05, 4.69) is 5.32 Å². The first-order valence-corrected chi connectivity index (χ1v) is 8.27. The van der Waals surface area contributed by atoms with Crippen molar-refractivity contribution < 1.29 is 19.0 Å². The van der Waals surface area contributed by atoms with Gasteiger partial charge in [-0.25, -0.2) is 0 Å². The van der Waals surface area contributed by atoms with Crippen molar-refractivity contribution in [2.45, 2.75) is 6.54 Å². The number of methoxy groups -OCH3 is 3. The van der Waals surface area contributed by atoms with Gasteiger partial charge in [-0.2, -0.15) is 0 Å². The highest BCUT2D eigenvalue weighted by atomic mass is 35.5. The van der Waals surface area contributed by atoms with Crippen molar-refractivity contribution in [3.05, 3.63) is 45.1 Å². The minimum Gasteiger partial charge on any atom is -0.496 e. The molecule has 1 heterocycles. The molecule has 0 spiro atoms. The predicted molar refractivity (Wildman–Crippen MR) is 96.3 cm³/mol. The molecule has 0 bridgehead atoms. The molecule has 7 heteroatoms. The first kappa shape index (κ1) is 18.2. The number of hydrogen-bond acceptors (Lipinski definition) is 5. The van der Waals surface area contributed by atoms with Crippen molar-refractivity contribution in [1.82, 2.24) is 5.32 Å². The summed E-state index contributed by atoms with van der Waals surface area (Å²) in [4.78, 5) is 12.9. The summed E-state index contributed by atoms with van der Waals surface area (Å²) >= 11 is 7.26. The number of hydrogen-bond donors (Lipinski definition) is 1. The summed E-state index contributed by atoms with van der Waals surface area (Å²) in [5, 5.41) is 2.81. The molecule has 0 aliphatic heterocycles. The lowest BCUT2D eigenvalue weighted by molar-refractivity contribution is -0.116. The number of nitrogens with one attached hydrogen (secondary N) is 1. The van der Waals surface area contributed by atoms with E-state index in [9.17, 15) is 4.79 Å². The number of thiophene rings is 1. The summed E-state index contributed by atoms with van der Waals surface area (Å²) < 4.78 is 16.5. The maximum absolute atomic E-state index is 12.0. The Kier molecular flexibility index (Phi) is 6.52. The molecule has 0 saturated heterocycles. The Morgan fingerprint density at radius 1 is 1.12 bits per heavy atom. The van der Waals surface area contributed by atoms with Gasteiger partial charge in [0.1, 0.15) is 5.75 Å². The van der Waals surface area contributed by atoms with Gasteiger partial charge in [0, 0.05) is 29.1 Å². The van der Waals surface area contributed by atoms with Crippen LogP contribution in [0.5, 0.6) is 17.2 Å². The van der Waals surface area contributed by atoms with Crippen LogP contribution in [0.3, 0.4) is 0 Å². The van der Waals surface area contributed by atoms with Crippen molar-refractivity contribution >= 4 is 34.9 Å². The summed E-state index contributed by atoms with van der Waals surface area (Å²) in [6.07, 6.45) is 3.19. The van der Waals surface area contributed by atoms with Gasteiger partial charge in [0.15, 0.2) is 11.5 Å². The molecular formula is C17H18ClNO4S. The van der Waals surface area contributed by atoms with E-state index >= 15 is 0 Å². The largest absolute Gasteiger partial charge is 0.496 e. The Bertz CT molecular complexity index is 742. The minimum atomic E-state index is -0.212. The quantitative estimate of drug-likeness (QED) is 0.757. The monoisotopic (exact) mass is 367 g/mol. The van der Waals surface area contributed by atoms with Crippen molar-refractivity contribution in [2.75, 3.05) is 21.3 Å². The molecule has 0 atom stereocenters. The Hall–Kier alpha value is -2.18. The molecule has 0 saturated carbocycles. The average Bonchev–Trinajstić information content (AvgIpc) is 3.02. The fourth-order valence-corrected chi connectivity index (χ4v) is 3.01. The van der Waals surface area contributed by atoms with Crippen LogP contribution in [0.1, 0.15) is 10.4 Å². The van der Waals surface area contributed by atoms with Crippen molar-refractivity contribution in [3.63, 3.8) is 0 Å². The second kappa shape index (κ2) is 8.61. The summed E-state index contributed by atoms with van der Waals surface area (Å²) in [6, 6.07) is 7.15. The van der Waals surface area contributed by atoms with E-state index < -0.39 is 0 Å². The number of ether oxygens (including phenoxy) is 3. The van der Waals surface area contributed by atoms with Crippen LogP contribution in [0.15, 0.2) is 30.3 Å². The van der Waals surface area contributed by atoms with Crippen molar-refractivity contribution in [2.24, 2.45) is 0 Å². The molecule has 24 heavy (non-hydrogen) atoms. The van der Waals surface area contributed by atoms with Gasteiger partial charge in [-0.3, -0.25) is 4.79 Å². The van der Waals surface area contributed by atoms with E-state index in [1.54, 1.807) is 45.6 Å². The lowest BCUT2D eigenvalue weighted by atomic mass is 10.1. The lowest BCUT2D eigenvalue weighted by Gasteiger charge is -2.14. The molecule has 1 aromatic heterocycles. The summed E-state index contributed by atoms with van der Waals surface area (Å²) in [5.41, 5.74) is 0.788. The Balaban J connectivity index is 2.05. The molecule has 2 aromatic rings. The van der Waals surface area contributed by atoms with Crippen molar-refractivity contribution in [1.29, 1.82) is 0 Å². The van der Waals surface area contributed by atoms with E-state index in [1.165, 1.54) is 17.4 Å². The third-order valence-electron chi connectivity index (χ3n) is 3.23. The average molecular weight is 368 g/mol. The normalized spacial score (nSPS) is 10.7. The van der Waals surface area contributed by atoms with Gasteiger partial charge in [0.05, 0.1) is 25.7 Å². The van der Waals surface area contributed by atoms with Crippen LogP contribution in [0.2, 0.25) is 4.34 Å². The predicted octanol–water partition coefficient (Wildman–Crippen LogP) is 3.76. The fourth-order valence-electron chi connectivity index (χ4n) is 2.05. The summed E-state index contributed by atoms with van der Waals surface area (Å²) in [7, 11) is 4.68. The standard InChI is InChI=1S/C17H18ClNO4S/c1-21-13-9-15(23-3)14(22-2)8-11(13)10-19-17(20)7-5-12-4-6-16(18)24-12/h4-9H,10H2,1-3H3,(H,19,20). The molecule has 0 fully saturated rings. The molecule has 5 nitrogen and oxygen atoms in total. The number of benzene rings is 1. The Labute approximate surface area is 149 Å². The third-order valence-corrected chi connectivity index (χ3v) is 4.43. The van der Waals surface area contributed by atoms with Crippen molar-refractivity contribution in [3.8, 4) is 17.2 Å². The molecule has 1 N–H and O–H groups in total. The van der Waals surface area contributed by atoms with Crippen LogP contribution in [-0.4, -0.2) is 27.2 Å². The zero-order valence-electron chi connectivity index (χ0n) is 13.6. The number of rotatable bonds is 7. The highest BCUT2D eigenvalue weighted by Crippen LogP contribution is 2.34. The van der Waals surface area contributed by atoms with Crippen LogP contribution in [0, 0.1) is 0 Å². The zero-order valence-corrected chi connectivity index (χ0v) is 15.2. The van der Waals surface area contributed by atoms with E-state index in [4.69, 9.17) is 25.8 Å². The maximum atomic E-state index is 12.0. The second-order valence-corrected chi connectivity index (χ2v) is 6.46. The van der Waals surface area contributed by atoms with Crippen LogP contribution >= 0.6 is 22.9 Å². The van der Waals surface area contributed by atoms with E-state index in [1.807, 2.05) is 6.07 Å². The second-order valence-electron chi connectivity index (χ2n) is 4.71. The van der Waals surface area contributed by atoms with Gasteiger partial charge in [-0.1, -0.05) is 11.6 Å². The Morgan fingerprint density at radius 3 is 2.38 bits per heavy atom. The lowest BCUT2D eigenvalue weighted by Crippen LogP contribution is -2.20. The third kappa shape index (κ3) is 4.66. The Morgan fingerprint density at radius 2 is 1.79 bits per heavy atom. The molecule has 1 aromatic carbocycles. The first-order chi connectivity index (χ1) is 11.6. The molecule has 0 radical (unpaired) electrons. The number of halogens is 1. The van der Waals surface area contributed by atoms with Gasteiger partial charge in [-0.15, -0.1) is 11.3 Å². The molecule has 0 unspecified atom stereocenters. The number of amides is 1. The SMILES string of the molecule is COc1cc(OC)c(OC)cc1CNC(=O)C=Cc1ccc(Cl)s1. The zero-order chi connectivity index (χ0) is 17.5. The van der Waals surface area contributed by atoms with E-state index in [0.717, 1.165) is 10.4 Å². The maximum Gasteiger partial charge on any atom is 0.244 e. The van der Waals surface area contributed by atoms with Crippen LogP contribution < -0.4 is 19.5 Å². The molecule has 0 aliphatic carbocycles. The van der Waals surface area contributed by atoms with Crippen LogP contribution in [0.4, 0.5) is 0 Å². The van der Waals surface area contributed by atoms with E-state index in [0.29, 0.717) is 28.1 Å². The van der Waals surface area contributed by atoms with Gasteiger partial charge >= 0.3 is 0 Å². The summed E-state index contributed by atoms with van der Waals surface area (Å²) in [6.45, 7) is 0.303. The fraction of sp³-hybridized carbons (Fsp3) is 0.235. The number of carbonyl (C=O) groups excluding carboxylic acids is 1. The first-order valence-electron chi connectivity index (χ1n) is 7.07. The molecule has 0 aliphatic rings. The molecule has 1 amide bonds. The smallest absolute Gasteiger partial charge is 0.244 e. The molecule has 128 valence electrons. The van der Waals surface area contributed by atoms with E-state index in [-0.39, 0.29) is 5.91 Å². The molecule has 2 rings (SSSR count). The van der Waals surface area contributed by atoms with Gasteiger partial charge < -0.3 is 19.5 Å². The van der Waals surface area contributed by atoms with Gasteiger partial charge in [0.25, 0.3) is 0 Å². The number of carbonyl (C=O) groups is 1. The molecular weight excluding hydrogens is 350 g/mol. The highest BCUT2D eigenvalue weighted by Gasteiger charge is 2.12.